The van der Waals surface area contributed by atoms with Crippen molar-refractivity contribution >= 4 is 6.29 Å². The van der Waals surface area contributed by atoms with E-state index in [-0.39, 0.29) is 6.61 Å². The maximum Gasteiger partial charge on any atom is 0.123 e. The molecule has 9 heteroatoms. The highest BCUT2D eigenvalue weighted by Crippen LogP contribution is 2.22. The molecule has 256 valence electrons. The zero-order valence-electron chi connectivity index (χ0n) is 27.7. The van der Waals surface area contributed by atoms with E-state index in [1.165, 1.54) is 63.4 Å². The molecule has 0 radical (unpaired) electrons. The van der Waals surface area contributed by atoms with Crippen LogP contribution in [0, 0.1) is 5.92 Å². The largest absolute Gasteiger partial charge is 0.499 e. The lowest BCUT2D eigenvalue weighted by Crippen LogP contribution is -2.11. The predicted octanol–water partition coefficient (Wildman–Crippen LogP) is 6.30. The van der Waals surface area contributed by atoms with E-state index in [0.717, 1.165) is 51.6 Å². The molecule has 0 aromatic rings. The fourth-order valence-corrected chi connectivity index (χ4v) is 4.32. The molecule has 0 aromatic heterocycles. The molecule has 2 rings (SSSR count). The zero-order valence-corrected chi connectivity index (χ0v) is 27.7. The molecule has 0 unspecified atom stereocenters. The van der Waals surface area contributed by atoms with Crippen molar-refractivity contribution in [2.45, 2.75) is 104 Å². The van der Waals surface area contributed by atoms with Gasteiger partial charge in [-0.05, 0) is 56.9 Å². The smallest absolute Gasteiger partial charge is 0.123 e. The van der Waals surface area contributed by atoms with Crippen LogP contribution in [0.5, 0.6) is 0 Å². The minimum absolute atomic E-state index is 0.0696. The molecule has 2 saturated carbocycles. The fraction of sp³-hybridized carbons (Fsp3) is 0.912. The van der Waals surface area contributed by atoms with E-state index >= 15 is 0 Å². The van der Waals surface area contributed by atoms with Crippen molar-refractivity contribution in [3.05, 3.63) is 11.8 Å². The number of aliphatic hydroxyl groups is 1. The van der Waals surface area contributed by atoms with Gasteiger partial charge in [0.15, 0.2) is 0 Å². The first-order chi connectivity index (χ1) is 21.3. The Bertz CT molecular complexity index is 548. The van der Waals surface area contributed by atoms with Gasteiger partial charge in [-0.3, -0.25) is 0 Å². The first-order valence-electron chi connectivity index (χ1n) is 17.1. The van der Waals surface area contributed by atoms with E-state index in [9.17, 15) is 4.79 Å². The predicted molar refractivity (Wildman–Crippen MR) is 172 cm³/mol. The topological polar surface area (TPSA) is 102 Å². The number of allylic oxidation sites excluding steroid dienone is 1. The molecule has 0 aliphatic heterocycles. The first kappa shape index (κ1) is 41.9. The standard InChI is InChI=1S/C17H32O4.C10H22O4.C7H12O/c1-2-3-9-18-10-11-19-12-13-20-14-15-21-16-17-7-5-4-6-8-17;1-2-3-5-12-7-9-14-10-8-13-6-4-11;8-6-7-4-2-1-3-5-7/h16H,2-15H2,1H3;11H,2-10H2,1H3;6-7H,1-5H2. The van der Waals surface area contributed by atoms with Gasteiger partial charge < -0.3 is 43.1 Å². The third-order valence-corrected chi connectivity index (χ3v) is 6.94. The lowest BCUT2D eigenvalue weighted by atomic mass is 9.91. The van der Waals surface area contributed by atoms with Crippen molar-refractivity contribution < 1.29 is 43.1 Å². The second kappa shape index (κ2) is 37.1. The fourth-order valence-electron chi connectivity index (χ4n) is 4.32. The Hall–Kier alpha value is -1.07. The Kier molecular flexibility index (Phi) is 36.2. The number of hydrogen-bond acceptors (Lipinski definition) is 9. The van der Waals surface area contributed by atoms with Gasteiger partial charge in [0.05, 0.1) is 78.9 Å². The van der Waals surface area contributed by atoms with Crippen LogP contribution in [0.15, 0.2) is 11.8 Å². The summed E-state index contributed by atoms with van der Waals surface area (Å²) in [7, 11) is 0. The van der Waals surface area contributed by atoms with E-state index in [1.807, 2.05) is 6.26 Å². The van der Waals surface area contributed by atoms with Crippen LogP contribution in [0.4, 0.5) is 0 Å². The Morgan fingerprint density at radius 1 is 0.581 bits per heavy atom. The summed E-state index contributed by atoms with van der Waals surface area (Å²) in [5.74, 6) is 0.406. The number of aldehydes is 1. The molecule has 43 heavy (non-hydrogen) atoms. The molecule has 2 aliphatic carbocycles. The lowest BCUT2D eigenvalue weighted by Gasteiger charge is -2.14. The second-order valence-corrected chi connectivity index (χ2v) is 10.8. The third-order valence-electron chi connectivity index (χ3n) is 6.94. The third kappa shape index (κ3) is 33.7. The molecule has 0 heterocycles. The molecule has 1 N–H and O–H groups in total. The Morgan fingerprint density at radius 3 is 1.42 bits per heavy atom. The molecular weight excluding hydrogens is 552 g/mol. The van der Waals surface area contributed by atoms with Crippen LogP contribution in [-0.2, 0) is 38.0 Å². The highest BCUT2D eigenvalue weighted by molar-refractivity contribution is 5.53. The molecule has 0 bridgehead atoms. The highest BCUT2D eigenvalue weighted by Gasteiger charge is 2.10. The van der Waals surface area contributed by atoms with Crippen LogP contribution in [0.25, 0.3) is 0 Å². The summed E-state index contributed by atoms with van der Waals surface area (Å²) in [5, 5.41) is 8.40. The van der Waals surface area contributed by atoms with Gasteiger partial charge in [0.1, 0.15) is 12.9 Å². The Morgan fingerprint density at radius 2 is 1.00 bits per heavy atom. The molecule has 0 aromatic carbocycles. The van der Waals surface area contributed by atoms with Gasteiger partial charge in [-0.1, -0.05) is 52.4 Å². The summed E-state index contributed by atoms with van der Waals surface area (Å²) in [4.78, 5) is 10.2. The van der Waals surface area contributed by atoms with Gasteiger partial charge in [0.25, 0.3) is 0 Å². The van der Waals surface area contributed by atoms with Crippen molar-refractivity contribution in [1.29, 1.82) is 0 Å². The van der Waals surface area contributed by atoms with Crippen LogP contribution in [0.2, 0.25) is 0 Å². The molecule has 0 amide bonds. The van der Waals surface area contributed by atoms with E-state index in [4.69, 9.17) is 38.3 Å². The summed E-state index contributed by atoms with van der Waals surface area (Å²) in [6.07, 6.45) is 20.2. The SMILES string of the molecule is CCCCOCCOCCOCCO.CCCCOCCOCCOCCOC=C1CCCCC1.O=CC1CCCCC1. The maximum atomic E-state index is 10.2. The van der Waals surface area contributed by atoms with Gasteiger partial charge in [-0.15, -0.1) is 0 Å². The van der Waals surface area contributed by atoms with Crippen molar-refractivity contribution in [3.8, 4) is 0 Å². The maximum absolute atomic E-state index is 10.2. The number of carbonyl (C=O) groups is 1. The first-order valence-corrected chi connectivity index (χ1v) is 17.1. The van der Waals surface area contributed by atoms with Crippen LogP contribution in [0.1, 0.15) is 104 Å². The molecule has 2 aliphatic rings. The van der Waals surface area contributed by atoms with Gasteiger partial charge >= 0.3 is 0 Å². The number of rotatable bonds is 25. The number of ether oxygens (including phenoxy) is 7. The number of unbranched alkanes of at least 4 members (excludes halogenated alkanes) is 2. The normalized spacial score (nSPS) is 15.2. The molecule has 0 atom stereocenters. The summed E-state index contributed by atoms with van der Waals surface area (Å²) >= 11 is 0. The average molecular weight is 619 g/mol. The lowest BCUT2D eigenvalue weighted by molar-refractivity contribution is -0.111. The van der Waals surface area contributed by atoms with Crippen molar-refractivity contribution in [2.24, 2.45) is 5.92 Å². The van der Waals surface area contributed by atoms with Gasteiger partial charge in [0.2, 0.25) is 0 Å². The second-order valence-electron chi connectivity index (χ2n) is 10.8. The van der Waals surface area contributed by atoms with Gasteiger partial charge in [-0.25, -0.2) is 0 Å². The molecule has 0 spiro atoms. The van der Waals surface area contributed by atoms with Crippen LogP contribution in [-0.4, -0.2) is 104 Å². The molecule has 9 nitrogen and oxygen atoms in total. The minimum Gasteiger partial charge on any atom is -0.499 e. The summed E-state index contributed by atoms with van der Waals surface area (Å²) in [5.41, 5.74) is 1.45. The minimum atomic E-state index is 0.0696. The molecular formula is C34H66O9. The van der Waals surface area contributed by atoms with E-state index in [0.29, 0.717) is 78.6 Å². The molecule has 0 saturated heterocycles. The highest BCUT2D eigenvalue weighted by atomic mass is 16.6. The van der Waals surface area contributed by atoms with Crippen molar-refractivity contribution in [1.82, 2.24) is 0 Å². The number of aliphatic hydroxyl groups excluding tert-OH is 1. The molecule has 2 fully saturated rings. The quantitative estimate of drug-likeness (QED) is 0.0718. The number of carbonyl (C=O) groups excluding carboxylic acids is 1. The number of hydrogen-bond donors (Lipinski definition) is 1. The van der Waals surface area contributed by atoms with Gasteiger partial charge in [0, 0.05) is 19.1 Å². The van der Waals surface area contributed by atoms with Crippen molar-refractivity contribution in [2.75, 3.05) is 92.5 Å². The summed E-state index contributed by atoms with van der Waals surface area (Å²) in [6.45, 7) is 12.6. The average Bonchev–Trinajstić information content (AvgIpc) is 3.05. The summed E-state index contributed by atoms with van der Waals surface area (Å²) < 4.78 is 37.3. The van der Waals surface area contributed by atoms with Crippen LogP contribution < -0.4 is 0 Å². The van der Waals surface area contributed by atoms with Crippen LogP contribution in [0.3, 0.4) is 0 Å². The Balaban J connectivity index is 0.000000685. The summed E-state index contributed by atoms with van der Waals surface area (Å²) in [6, 6.07) is 0. The van der Waals surface area contributed by atoms with E-state index < -0.39 is 0 Å². The zero-order chi connectivity index (χ0) is 31.3. The monoisotopic (exact) mass is 618 g/mol. The Labute approximate surface area is 263 Å². The van der Waals surface area contributed by atoms with E-state index in [2.05, 4.69) is 13.8 Å². The van der Waals surface area contributed by atoms with Crippen LogP contribution >= 0.6 is 0 Å². The van der Waals surface area contributed by atoms with Crippen molar-refractivity contribution in [3.63, 3.8) is 0 Å². The van der Waals surface area contributed by atoms with E-state index in [1.54, 1.807) is 0 Å². The van der Waals surface area contributed by atoms with Gasteiger partial charge in [-0.2, -0.15) is 0 Å².